The van der Waals surface area contributed by atoms with Crippen LogP contribution in [0.5, 0.6) is 0 Å². The molecule has 0 bridgehead atoms. The largest absolute Gasteiger partial charge is 0.382 e. The summed E-state index contributed by atoms with van der Waals surface area (Å²) in [7, 11) is 1.68. The molecule has 2 aliphatic rings. The van der Waals surface area contributed by atoms with Crippen molar-refractivity contribution in [2.75, 3.05) is 33.4 Å². The number of ether oxygens (including phenoxy) is 2. The van der Waals surface area contributed by atoms with Crippen molar-refractivity contribution in [2.24, 2.45) is 0 Å². The van der Waals surface area contributed by atoms with E-state index in [1.165, 1.54) is 11.1 Å². The van der Waals surface area contributed by atoms with Crippen LogP contribution in [0.3, 0.4) is 0 Å². The Morgan fingerprint density at radius 1 is 1.29 bits per heavy atom. The van der Waals surface area contributed by atoms with Crippen molar-refractivity contribution in [3.63, 3.8) is 0 Å². The number of amides is 1. The minimum Gasteiger partial charge on any atom is -0.382 e. The van der Waals surface area contributed by atoms with Gasteiger partial charge in [-0.15, -0.1) is 0 Å². The van der Waals surface area contributed by atoms with E-state index < -0.39 is 0 Å². The lowest BCUT2D eigenvalue weighted by atomic mass is 9.72. The minimum atomic E-state index is -0.0800. The van der Waals surface area contributed by atoms with Gasteiger partial charge in [0.25, 0.3) is 0 Å². The average molecular weight is 332 g/mol. The van der Waals surface area contributed by atoms with E-state index in [2.05, 4.69) is 34.9 Å². The highest BCUT2D eigenvalue weighted by Gasteiger charge is 2.53. The van der Waals surface area contributed by atoms with Gasteiger partial charge in [-0.05, 0) is 37.1 Å². The van der Waals surface area contributed by atoms with Crippen LogP contribution in [0.25, 0.3) is 0 Å². The number of hydrogen-bond donors (Lipinski definition) is 2. The lowest BCUT2D eigenvalue weighted by Gasteiger charge is -2.41. The molecule has 1 aliphatic carbocycles. The lowest BCUT2D eigenvalue weighted by Crippen LogP contribution is -2.50. The van der Waals surface area contributed by atoms with E-state index in [0.29, 0.717) is 19.6 Å². The minimum absolute atomic E-state index is 0.0265. The SMILES string of the molecule is CCC(=O)N[C@@H]1c2ccccc2C2(CCNCC2)[C@H]1OCCOC. The van der Waals surface area contributed by atoms with Gasteiger partial charge in [0, 0.05) is 18.9 Å². The molecule has 1 aromatic rings. The van der Waals surface area contributed by atoms with Crippen molar-refractivity contribution >= 4 is 5.91 Å². The van der Waals surface area contributed by atoms with Crippen molar-refractivity contribution in [1.29, 1.82) is 0 Å². The molecule has 0 radical (unpaired) electrons. The first kappa shape index (κ1) is 17.4. The van der Waals surface area contributed by atoms with Crippen molar-refractivity contribution in [3.05, 3.63) is 35.4 Å². The molecule has 1 aromatic carbocycles. The van der Waals surface area contributed by atoms with Gasteiger partial charge in [0.1, 0.15) is 0 Å². The summed E-state index contributed by atoms with van der Waals surface area (Å²) in [4.78, 5) is 12.1. The molecule has 24 heavy (non-hydrogen) atoms. The molecule has 1 spiro atoms. The summed E-state index contributed by atoms with van der Waals surface area (Å²) < 4.78 is 11.5. The lowest BCUT2D eigenvalue weighted by molar-refractivity contribution is -0.123. The maximum Gasteiger partial charge on any atom is 0.220 e. The average Bonchev–Trinajstić information content (AvgIpc) is 2.86. The molecule has 5 heteroatoms. The van der Waals surface area contributed by atoms with Crippen LogP contribution < -0.4 is 10.6 Å². The van der Waals surface area contributed by atoms with E-state index in [0.717, 1.165) is 25.9 Å². The van der Waals surface area contributed by atoms with Crippen LogP contribution in [0.2, 0.25) is 0 Å². The number of piperidine rings is 1. The van der Waals surface area contributed by atoms with Crippen LogP contribution >= 0.6 is 0 Å². The van der Waals surface area contributed by atoms with Gasteiger partial charge in [-0.25, -0.2) is 0 Å². The van der Waals surface area contributed by atoms with Gasteiger partial charge in [-0.1, -0.05) is 31.2 Å². The molecule has 1 aliphatic heterocycles. The standard InChI is InChI=1S/C19H28N2O3/c1-3-16(22)21-17-14-6-4-5-7-15(14)19(8-10-20-11-9-19)18(17)24-13-12-23-2/h4-7,17-18,20H,3,8-13H2,1-2H3,(H,21,22)/t17-,18+/m1/s1. The van der Waals surface area contributed by atoms with Crippen LogP contribution in [0.1, 0.15) is 43.4 Å². The van der Waals surface area contributed by atoms with E-state index in [-0.39, 0.29) is 23.5 Å². The number of fused-ring (bicyclic) bond motifs is 2. The Hall–Kier alpha value is -1.43. The van der Waals surface area contributed by atoms with Crippen LogP contribution in [-0.4, -0.2) is 45.4 Å². The molecule has 2 N–H and O–H groups in total. The van der Waals surface area contributed by atoms with E-state index in [1.807, 2.05) is 6.92 Å². The molecular weight excluding hydrogens is 304 g/mol. The van der Waals surface area contributed by atoms with Gasteiger partial charge in [-0.2, -0.15) is 0 Å². The summed E-state index contributed by atoms with van der Waals surface area (Å²) in [5.74, 6) is 0.0705. The second-order valence-electron chi connectivity index (χ2n) is 6.68. The van der Waals surface area contributed by atoms with Gasteiger partial charge in [-0.3, -0.25) is 4.79 Å². The Balaban J connectivity index is 1.96. The zero-order valence-corrected chi connectivity index (χ0v) is 14.6. The van der Waals surface area contributed by atoms with Crippen molar-refractivity contribution in [3.8, 4) is 0 Å². The van der Waals surface area contributed by atoms with Gasteiger partial charge in [0.05, 0.1) is 25.4 Å². The van der Waals surface area contributed by atoms with Gasteiger partial charge < -0.3 is 20.1 Å². The topological polar surface area (TPSA) is 59.6 Å². The highest BCUT2D eigenvalue weighted by atomic mass is 16.5. The Morgan fingerprint density at radius 2 is 2.04 bits per heavy atom. The molecule has 1 fully saturated rings. The molecule has 0 unspecified atom stereocenters. The van der Waals surface area contributed by atoms with Crippen molar-refractivity contribution < 1.29 is 14.3 Å². The first-order valence-electron chi connectivity index (χ1n) is 8.93. The van der Waals surface area contributed by atoms with Crippen molar-refractivity contribution in [1.82, 2.24) is 10.6 Å². The number of benzene rings is 1. The molecular formula is C19H28N2O3. The Bertz CT molecular complexity index is 569. The molecule has 2 atom stereocenters. The number of methoxy groups -OCH3 is 1. The molecule has 3 rings (SSSR count). The number of rotatable bonds is 6. The normalized spacial score (nSPS) is 24.8. The highest BCUT2D eigenvalue weighted by Crippen LogP contribution is 2.51. The second-order valence-corrected chi connectivity index (χ2v) is 6.68. The number of carbonyl (C=O) groups is 1. The van der Waals surface area contributed by atoms with Crippen LogP contribution in [-0.2, 0) is 19.7 Å². The van der Waals surface area contributed by atoms with Crippen LogP contribution in [0.4, 0.5) is 0 Å². The van der Waals surface area contributed by atoms with Crippen LogP contribution in [0, 0.1) is 0 Å². The first-order valence-corrected chi connectivity index (χ1v) is 8.93. The zero-order valence-electron chi connectivity index (χ0n) is 14.6. The maximum absolute atomic E-state index is 12.1. The molecule has 0 saturated carbocycles. The molecule has 132 valence electrons. The highest BCUT2D eigenvalue weighted by molar-refractivity contribution is 5.76. The van der Waals surface area contributed by atoms with Crippen LogP contribution in [0.15, 0.2) is 24.3 Å². The Kier molecular flexibility index (Phi) is 5.54. The number of nitrogens with one attached hydrogen (secondary N) is 2. The predicted octanol–water partition coefficient (Wildman–Crippen LogP) is 1.92. The molecule has 1 saturated heterocycles. The number of hydrogen-bond acceptors (Lipinski definition) is 4. The third-order valence-electron chi connectivity index (χ3n) is 5.40. The van der Waals surface area contributed by atoms with Crippen molar-refractivity contribution in [2.45, 2.75) is 43.7 Å². The molecule has 0 aromatic heterocycles. The summed E-state index contributed by atoms with van der Waals surface area (Å²) >= 11 is 0. The quantitative estimate of drug-likeness (QED) is 0.782. The van der Waals surface area contributed by atoms with E-state index in [9.17, 15) is 4.79 Å². The fraction of sp³-hybridized carbons (Fsp3) is 0.632. The number of carbonyl (C=O) groups excluding carboxylic acids is 1. The first-order chi connectivity index (χ1) is 11.7. The zero-order chi connectivity index (χ0) is 17.0. The van der Waals surface area contributed by atoms with Gasteiger partial charge in [0.2, 0.25) is 5.91 Å². The fourth-order valence-electron chi connectivity index (χ4n) is 4.23. The Labute approximate surface area is 144 Å². The smallest absolute Gasteiger partial charge is 0.220 e. The maximum atomic E-state index is 12.1. The summed E-state index contributed by atoms with van der Waals surface area (Å²) in [5, 5.41) is 6.66. The third-order valence-corrected chi connectivity index (χ3v) is 5.40. The summed E-state index contributed by atoms with van der Waals surface area (Å²) in [5.41, 5.74) is 2.53. The summed E-state index contributed by atoms with van der Waals surface area (Å²) in [6.07, 6.45) is 2.50. The Morgan fingerprint density at radius 3 is 2.75 bits per heavy atom. The van der Waals surface area contributed by atoms with Gasteiger partial charge >= 0.3 is 0 Å². The van der Waals surface area contributed by atoms with E-state index >= 15 is 0 Å². The third kappa shape index (κ3) is 3.08. The molecule has 1 amide bonds. The van der Waals surface area contributed by atoms with E-state index in [1.54, 1.807) is 7.11 Å². The second kappa shape index (κ2) is 7.64. The predicted molar refractivity (Wildman–Crippen MR) is 93.0 cm³/mol. The van der Waals surface area contributed by atoms with E-state index in [4.69, 9.17) is 9.47 Å². The fourth-order valence-corrected chi connectivity index (χ4v) is 4.23. The van der Waals surface area contributed by atoms with Gasteiger partial charge in [0.15, 0.2) is 0 Å². The summed E-state index contributed by atoms with van der Waals surface area (Å²) in [6, 6.07) is 8.42. The molecule has 5 nitrogen and oxygen atoms in total. The molecule has 1 heterocycles. The monoisotopic (exact) mass is 332 g/mol. The summed E-state index contributed by atoms with van der Waals surface area (Å²) in [6.45, 7) is 4.95.